The van der Waals surface area contributed by atoms with E-state index in [4.69, 9.17) is 11.6 Å². The second-order valence-electron chi connectivity index (χ2n) is 5.72. The van der Waals surface area contributed by atoms with Crippen molar-refractivity contribution in [1.29, 1.82) is 0 Å². The number of carbonyl (C=O) groups excluding carboxylic acids is 1. The third kappa shape index (κ3) is 3.98. The Morgan fingerprint density at radius 3 is 2.36 bits per heavy atom. The van der Waals surface area contributed by atoms with E-state index in [9.17, 15) is 14.7 Å². The van der Waals surface area contributed by atoms with Crippen LogP contribution in [-0.4, -0.2) is 23.0 Å². The summed E-state index contributed by atoms with van der Waals surface area (Å²) in [7, 11) is 0. The lowest BCUT2D eigenvalue weighted by atomic mass is 10.0. The zero-order valence-electron chi connectivity index (χ0n) is 13.3. The molecule has 5 heteroatoms. The maximum atomic E-state index is 12.6. The lowest BCUT2D eigenvalue weighted by Crippen LogP contribution is -2.42. The molecular formula is C20H16ClNO3. The molecule has 0 aliphatic heterocycles. The van der Waals surface area contributed by atoms with E-state index in [-0.39, 0.29) is 6.42 Å². The van der Waals surface area contributed by atoms with E-state index < -0.39 is 17.9 Å². The van der Waals surface area contributed by atoms with Gasteiger partial charge >= 0.3 is 5.97 Å². The van der Waals surface area contributed by atoms with Crippen LogP contribution < -0.4 is 5.32 Å². The first kappa shape index (κ1) is 17.0. The number of hydrogen-bond donors (Lipinski definition) is 2. The van der Waals surface area contributed by atoms with Crippen molar-refractivity contribution in [2.24, 2.45) is 0 Å². The zero-order valence-corrected chi connectivity index (χ0v) is 14.0. The van der Waals surface area contributed by atoms with Crippen LogP contribution in [0.1, 0.15) is 15.9 Å². The minimum atomic E-state index is -1.08. The monoisotopic (exact) mass is 353 g/mol. The molecule has 0 spiro atoms. The second kappa shape index (κ2) is 7.36. The predicted molar refractivity (Wildman–Crippen MR) is 98.0 cm³/mol. The van der Waals surface area contributed by atoms with Crippen LogP contribution in [0.4, 0.5) is 0 Å². The molecule has 0 fully saturated rings. The molecule has 2 N–H and O–H groups in total. The molecule has 3 aromatic carbocycles. The summed E-state index contributed by atoms with van der Waals surface area (Å²) in [5.74, 6) is -1.48. The van der Waals surface area contributed by atoms with Crippen LogP contribution in [-0.2, 0) is 11.2 Å². The minimum Gasteiger partial charge on any atom is -0.480 e. The van der Waals surface area contributed by atoms with Gasteiger partial charge in [0.05, 0.1) is 0 Å². The Morgan fingerprint density at radius 2 is 1.64 bits per heavy atom. The fraction of sp³-hybridized carbons (Fsp3) is 0.100. The third-order valence-electron chi connectivity index (χ3n) is 3.99. The van der Waals surface area contributed by atoms with Gasteiger partial charge in [-0.1, -0.05) is 60.1 Å². The molecule has 3 rings (SSSR count). The van der Waals surface area contributed by atoms with Gasteiger partial charge in [-0.3, -0.25) is 4.79 Å². The molecule has 25 heavy (non-hydrogen) atoms. The largest absolute Gasteiger partial charge is 0.480 e. The Hall–Kier alpha value is -2.85. The van der Waals surface area contributed by atoms with E-state index in [1.165, 1.54) is 0 Å². The van der Waals surface area contributed by atoms with Gasteiger partial charge in [0, 0.05) is 17.0 Å². The summed E-state index contributed by atoms with van der Waals surface area (Å²) in [5.41, 5.74) is 1.25. The van der Waals surface area contributed by atoms with E-state index in [0.717, 1.165) is 16.3 Å². The summed E-state index contributed by atoms with van der Waals surface area (Å²) in [4.78, 5) is 24.2. The summed E-state index contributed by atoms with van der Waals surface area (Å²) in [6.07, 6.45) is 0.184. The molecule has 0 aromatic heterocycles. The van der Waals surface area contributed by atoms with Crippen molar-refractivity contribution in [3.05, 3.63) is 82.9 Å². The molecule has 126 valence electrons. The van der Waals surface area contributed by atoms with Gasteiger partial charge in [0.1, 0.15) is 6.04 Å². The molecule has 1 atom stereocenters. The molecule has 0 saturated heterocycles. The van der Waals surface area contributed by atoms with Crippen LogP contribution in [0.15, 0.2) is 66.7 Å². The molecule has 0 saturated carbocycles. The summed E-state index contributed by atoms with van der Waals surface area (Å²) in [5, 5.41) is 14.4. The highest BCUT2D eigenvalue weighted by atomic mass is 35.5. The standard InChI is InChI=1S/C20H16ClNO3/c21-15-10-8-13(9-11-15)12-18(20(24)25)22-19(23)17-7-3-5-14-4-1-2-6-16(14)17/h1-11,18H,12H2,(H,22,23)(H,24,25). The van der Waals surface area contributed by atoms with Gasteiger partial charge in [-0.15, -0.1) is 0 Å². The summed E-state index contributed by atoms with van der Waals surface area (Å²) in [6.45, 7) is 0. The van der Waals surface area contributed by atoms with E-state index in [2.05, 4.69) is 5.32 Å². The number of hydrogen-bond acceptors (Lipinski definition) is 2. The van der Waals surface area contributed by atoms with Crippen molar-refractivity contribution in [2.45, 2.75) is 12.5 Å². The number of nitrogens with one attached hydrogen (secondary N) is 1. The molecule has 1 amide bonds. The summed E-state index contributed by atoms with van der Waals surface area (Å²) in [6, 6.07) is 18.8. The van der Waals surface area contributed by atoms with Crippen LogP contribution in [0.3, 0.4) is 0 Å². The Morgan fingerprint density at radius 1 is 0.960 bits per heavy atom. The Labute approximate surface area is 150 Å². The van der Waals surface area contributed by atoms with Crippen molar-refractivity contribution < 1.29 is 14.7 Å². The molecule has 4 nitrogen and oxygen atoms in total. The SMILES string of the molecule is O=C(NC(Cc1ccc(Cl)cc1)C(=O)O)c1cccc2ccccc12. The van der Waals surface area contributed by atoms with Crippen molar-refractivity contribution in [1.82, 2.24) is 5.32 Å². The number of carboxylic acids is 1. The van der Waals surface area contributed by atoms with E-state index in [1.54, 1.807) is 36.4 Å². The number of halogens is 1. The maximum absolute atomic E-state index is 12.6. The summed E-state index contributed by atoms with van der Waals surface area (Å²) < 4.78 is 0. The number of rotatable bonds is 5. The lowest BCUT2D eigenvalue weighted by Gasteiger charge is -2.15. The number of carboxylic acid groups (broad SMARTS) is 1. The maximum Gasteiger partial charge on any atom is 0.326 e. The Kier molecular flexibility index (Phi) is 5.00. The smallest absolute Gasteiger partial charge is 0.326 e. The average molecular weight is 354 g/mol. The van der Waals surface area contributed by atoms with E-state index >= 15 is 0 Å². The van der Waals surface area contributed by atoms with Gasteiger partial charge in [-0.2, -0.15) is 0 Å². The van der Waals surface area contributed by atoms with Crippen LogP contribution in [0.25, 0.3) is 10.8 Å². The van der Waals surface area contributed by atoms with Gasteiger partial charge in [-0.25, -0.2) is 4.79 Å². The minimum absolute atomic E-state index is 0.184. The highest BCUT2D eigenvalue weighted by Crippen LogP contribution is 2.19. The lowest BCUT2D eigenvalue weighted by molar-refractivity contribution is -0.139. The van der Waals surface area contributed by atoms with Crippen LogP contribution >= 0.6 is 11.6 Å². The van der Waals surface area contributed by atoms with Crippen molar-refractivity contribution in [3.8, 4) is 0 Å². The van der Waals surface area contributed by atoms with E-state index in [0.29, 0.717) is 10.6 Å². The van der Waals surface area contributed by atoms with Crippen LogP contribution in [0, 0.1) is 0 Å². The molecule has 3 aromatic rings. The normalized spacial score (nSPS) is 11.9. The second-order valence-corrected chi connectivity index (χ2v) is 6.16. The molecule has 0 aliphatic rings. The van der Waals surface area contributed by atoms with Gasteiger partial charge in [-0.05, 0) is 34.5 Å². The topological polar surface area (TPSA) is 66.4 Å². The van der Waals surface area contributed by atoms with E-state index in [1.807, 2.05) is 30.3 Å². The first-order chi connectivity index (χ1) is 12.0. The number of amides is 1. The highest BCUT2D eigenvalue weighted by molar-refractivity contribution is 6.30. The predicted octanol–water partition coefficient (Wildman–Crippen LogP) is 3.92. The van der Waals surface area contributed by atoms with Crippen molar-refractivity contribution in [2.75, 3.05) is 0 Å². The number of carbonyl (C=O) groups is 2. The Bertz CT molecular complexity index is 916. The molecular weight excluding hydrogens is 338 g/mol. The van der Waals surface area contributed by atoms with Crippen molar-refractivity contribution in [3.63, 3.8) is 0 Å². The fourth-order valence-electron chi connectivity index (χ4n) is 2.72. The first-order valence-corrected chi connectivity index (χ1v) is 8.18. The van der Waals surface area contributed by atoms with Gasteiger partial charge < -0.3 is 10.4 Å². The van der Waals surface area contributed by atoms with Gasteiger partial charge in [0.25, 0.3) is 5.91 Å². The molecule has 0 bridgehead atoms. The van der Waals surface area contributed by atoms with Gasteiger partial charge in [0.2, 0.25) is 0 Å². The zero-order chi connectivity index (χ0) is 17.8. The molecule has 0 radical (unpaired) electrons. The summed E-state index contributed by atoms with van der Waals surface area (Å²) >= 11 is 5.84. The first-order valence-electron chi connectivity index (χ1n) is 7.80. The fourth-order valence-corrected chi connectivity index (χ4v) is 2.84. The molecule has 0 heterocycles. The number of benzene rings is 3. The van der Waals surface area contributed by atoms with Crippen LogP contribution in [0.5, 0.6) is 0 Å². The molecule has 0 aliphatic carbocycles. The third-order valence-corrected chi connectivity index (χ3v) is 4.24. The highest BCUT2D eigenvalue weighted by Gasteiger charge is 2.22. The average Bonchev–Trinajstić information content (AvgIpc) is 2.62. The number of aliphatic carboxylic acids is 1. The Balaban J connectivity index is 1.83. The number of fused-ring (bicyclic) bond motifs is 1. The van der Waals surface area contributed by atoms with Crippen LogP contribution in [0.2, 0.25) is 5.02 Å². The quantitative estimate of drug-likeness (QED) is 0.730. The van der Waals surface area contributed by atoms with Crippen molar-refractivity contribution >= 4 is 34.2 Å². The molecule has 1 unspecified atom stereocenters. The van der Waals surface area contributed by atoms with Gasteiger partial charge in [0.15, 0.2) is 0 Å².